The topological polar surface area (TPSA) is 52.6 Å². The molecule has 0 saturated heterocycles. The molecule has 19 heavy (non-hydrogen) atoms. The van der Waals surface area contributed by atoms with Crippen molar-refractivity contribution in [2.24, 2.45) is 0 Å². The van der Waals surface area contributed by atoms with Crippen LogP contribution in [-0.4, -0.2) is 25.5 Å². The zero-order valence-corrected chi connectivity index (χ0v) is 11.2. The molecule has 0 aliphatic carbocycles. The molecule has 0 radical (unpaired) electrons. The number of Topliss-reactive ketones (excluding diaryl/α,β-unsaturated/α-hetero) is 1. The molecule has 0 saturated carbocycles. The molecule has 0 atom stereocenters. The Morgan fingerprint density at radius 3 is 2.47 bits per heavy atom. The van der Waals surface area contributed by atoms with E-state index in [-0.39, 0.29) is 11.8 Å². The number of hydrogen-bond donors (Lipinski definition) is 0. The molecule has 4 nitrogen and oxygen atoms in total. The third-order valence-electron chi connectivity index (χ3n) is 2.49. The lowest BCUT2D eigenvalue weighted by molar-refractivity contribution is -0.137. The monoisotopic (exact) mass is 262 g/mol. The van der Waals surface area contributed by atoms with Gasteiger partial charge in [-0.05, 0) is 37.6 Å². The van der Waals surface area contributed by atoms with Crippen LogP contribution in [0.15, 0.2) is 36.4 Å². The Morgan fingerprint density at radius 2 is 1.89 bits per heavy atom. The van der Waals surface area contributed by atoms with Crippen molar-refractivity contribution in [1.29, 1.82) is 0 Å². The van der Waals surface area contributed by atoms with Gasteiger partial charge < -0.3 is 9.47 Å². The predicted octanol–water partition coefficient (Wildman–Crippen LogP) is 2.78. The van der Waals surface area contributed by atoms with Crippen LogP contribution in [0.1, 0.15) is 30.1 Å². The first-order valence-electron chi connectivity index (χ1n) is 6.18. The highest BCUT2D eigenvalue weighted by Gasteiger charge is 2.04. The van der Waals surface area contributed by atoms with E-state index in [2.05, 4.69) is 0 Å². The van der Waals surface area contributed by atoms with Crippen LogP contribution in [0.4, 0.5) is 0 Å². The molecule has 0 aliphatic rings. The van der Waals surface area contributed by atoms with Crippen LogP contribution in [0, 0.1) is 0 Å². The van der Waals surface area contributed by atoms with Crippen LogP contribution in [0.25, 0.3) is 0 Å². The zero-order valence-electron chi connectivity index (χ0n) is 11.2. The molecular formula is C15H18O4. The smallest absolute Gasteiger partial charge is 0.330 e. The summed E-state index contributed by atoms with van der Waals surface area (Å²) < 4.78 is 9.76. The number of allylic oxidation sites excluding steroid dienone is 1. The maximum absolute atomic E-state index is 11.8. The van der Waals surface area contributed by atoms with Crippen LogP contribution in [0.5, 0.6) is 5.75 Å². The summed E-state index contributed by atoms with van der Waals surface area (Å²) in [6.07, 6.45) is 3.89. The second kappa shape index (κ2) is 8.08. The molecule has 1 aromatic carbocycles. The summed E-state index contributed by atoms with van der Waals surface area (Å²) in [5.41, 5.74) is 0.644. The van der Waals surface area contributed by atoms with Crippen molar-refractivity contribution in [2.75, 3.05) is 13.7 Å². The van der Waals surface area contributed by atoms with Crippen molar-refractivity contribution in [2.45, 2.75) is 19.8 Å². The minimum absolute atomic E-state index is 0.0381. The Kier molecular flexibility index (Phi) is 6.36. The Labute approximate surface area is 113 Å². The van der Waals surface area contributed by atoms with Gasteiger partial charge in [0, 0.05) is 18.1 Å². The first kappa shape index (κ1) is 15.0. The van der Waals surface area contributed by atoms with Crippen molar-refractivity contribution in [3.63, 3.8) is 0 Å². The molecule has 0 N–H and O–H groups in total. The number of benzene rings is 1. The van der Waals surface area contributed by atoms with E-state index in [0.717, 1.165) is 5.75 Å². The number of carbonyl (C=O) groups excluding carboxylic acids is 2. The molecule has 0 unspecified atom stereocenters. The van der Waals surface area contributed by atoms with Crippen molar-refractivity contribution >= 4 is 11.8 Å². The van der Waals surface area contributed by atoms with Crippen molar-refractivity contribution < 1.29 is 19.1 Å². The second-order valence-electron chi connectivity index (χ2n) is 3.84. The normalized spacial score (nSPS) is 10.4. The molecule has 0 heterocycles. The van der Waals surface area contributed by atoms with Crippen molar-refractivity contribution in [3.8, 4) is 5.75 Å². The summed E-state index contributed by atoms with van der Waals surface area (Å²) in [5.74, 6) is 0.384. The summed E-state index contributed by atoms with van der Waals surface area (Å²) in [6, 6.07) is 6.97. The number of esters is 1. The van der Waals surface area contributed by atoms with E-state index in [9.17, 15) is 9.59 Å². The molecule has 0 bridgehead atoms. The Morgan fingerprint density at radius 1 is 1.21 bits per heavy atom. The fraction of sp³-hybridized carbons (Fsp3) is 0.333. The minimum Gasteiger partial charge on any atom is -0.497 e. The predicted molar refractivity (Wildman–Crippen MR) is 72.3 cm³/mol. The van der Waals surface area contributed by atoms with Crippen LogP contribution in [0.2, 0.25) is 0 Å². The Balaban J connectivity index is 2.40. The minimum atomic E-state index is -0.376. The van der Waals surface area contributed by atoms with Gasteiger partial charge in [0.15, 0.2) is 5.78 Å². The van der Waals surface area contributed by atoms with Crippen LogP contribution in [0.3, 0.4) is 0 Å². The number of ether oxygens (including phenoxy) is 2. The summed E-state index contributed by atoms with van der Waals surface area (Å²) >= 11 is 0. The van der Waals surface area contributed by atoms with Gasteiger partial charge in [0.25, 0.3) is 0 Å². The first-order valence-corrected chi connectivity index (χ1v) is 6.18. The lowest BCUT2D eigenvalue weighted by Gasteiger charge is -2.01. The highest BCUT2D eigenvalue weighted by atomic mass is 16.5. The van der Waals surface area contributed by atoms with E-state index in [1.54, 1.807) is 44.4 Å². The highest BCUT2D eigenvalue weighted by Crippen LogP contribution is 2.13. The average molecular weight is 262 g/mol. The van der Waals surface area contributed by atoms with Gasteiger partial charge in [0.2, 0.25) is 0 Å². The maximum Gasteiger partial charge on any atom is 0.330 e. The van der Waals surface area contributed by atoms with E-state index in [4.69, 9.17) is 9.47 Å². The summed E-state index contributed by atoms with van der Waals surface area (Å²) in [7, 11) is 1.58. The quantitative estimate of drug-likeness (QED) is 0.431. The lowest BCUT2D eigenvalue weighted by atomic mass is 10.1. The highest BCUT2D eigenvalue weighted by molar-refractivity contribution is 5.96. The molecule has 4 heteroatoms. The Hall–Kier alpha value is -2.10. The summed E-state index contributed by atoms with van der Waals surface area (Å²) in [4.78, 5) is 22.8. The van der Waals surface area contributed by atoms with E-state index in [1.807, 2.05) is 0 Å². The molecule has 0 fully saturated rings. The number of carbonyl (C=O) groups is 2. The van der Waals surface area contributed by atoms with Gasteiger partial charge in [-0.1, -0.05) is 6.08 Å². The van der Waals surface area contributed by atoms with Gasteiger partial charge in [-0.2, -0.15) is 0 Å². The van der Waals surface area contributed by atoms with E-state index in [0.29, 0.717) is 25.0 Å². The van der Waals surface area contributed by atoms with E-state index < -0.39 is 0 Å². The van der Waals surface area contributed by atoms with E-state index >= 15 is 0 Å². The van der Waals surface area contributed by atoms with Crippen LogP contribution >= 0.6 is 0 Å². The van der Waals surface area contributed by atoms with Gasteiger partial charge >= 0.3 is 5.97 Å². The van der Waals surface area contributed by atoms with Gasteiger partial charge in [0.05, 0.1) is 13.7 Å². The second-order valence-corrected chi connectivity index (χ2v) is 3.84. The summed E-state index contributed by atoms with van der Waals surface area (Å²) in [6.45, 7) is 2.10. The molecule has 102 valence electrons. The van der Waals surface area contributed by atoms with Crippen LogP contribution in [-0.2, 0) is 9.53 Å². The van der Waals surface area contributed by atoms with Crippen molar-refractivity contribution in [1.82, 2.24) is 0 Å². The van der Waals surface area contributed by atoms with Crippen LogP contribution < -0.4 is 4.74 Å². The van der Waals surface area contributed by atoms with Gasteiger partial charge in [-0.25, -0.2) is 4.79 Å². The molecule has 0 amide bonds. The van der Waals surface area contributed by atoms with Gasteiger partial charge in [-0.3, -0.25) is 4.79 Å². The van der Waals surface area contributed by atoms with Crippen molar-refractivity contribution in [3.05, 3.63) is 42.0 Å². The van der Waals surface area contributed by atoms with Gasteiger partial charge in [0.1, 0.15) is 5.75 Å². The zero-order chi connectivity index (χ0) is 14.1. The Bertz CT molecular complexity index is 446. The third-order valence-corrected chi connectivity index (χ3v) is 2.49. The lowest BCUT2D eigenvalue weighted by Crippen LogP contribution is -2.00. The molecule has 1 rings (SSSR count). The SMILES string of the molecule is CCOC(=O)/C=C/CCC(=O)c1ccc(OC)cc1. The molecular weight excluding hydrogens is 244 g/mol. The standard InChI is InChI=1S/C15H18O4/c1-3-19-15(17)7-5-4-6-14(16)12-8-10-13(18-2)11-9-12/h5,7-11H,3-4,6H2,1-2H3/b7-5+. The number of rotatable bonds is 7. The molecule has 1 aromatic rings. The van der Waals surface area contributed by atoms with E-state index in [1.165, 1.54) is 6.08 Å². The average Bonchev–Trinajstić information content (AvgIpc) is 2.44. The van der Waals surface area contributed by atoms with Gasteiger partial charge in [-0.15, -0.1) is 0 Å². The number of methoxy groups -OCH3 is 1. The molecule has 0 aliphatic heterocycles. The third kappa shape index (κ3) is 5.38. The summed E-state index contributed by atoms with van der Waals surface area (Å²) in [5, 5.41) is 0. The largest absolute Gasteiger partial charge is 0.497 e. The molecule has 0 spiro atoms. The number of ketones is 1. The maximum atomic E-state index is 11.8. The fourth-order valence-corrected chi connectivity index (χ4v) is 1.51. The molecule has 0 aromatic heterocycles. The first-order chi connectivity index (χ1) is 9.17. The fourth-order valence-electron chi connectivity index (χ4n) is 1.51. The number of hydrogen-bond acceptors (Lipinski definition) is 4.